The van der Waals surface area contributed by atoms with Crippen LogP contribution in [0.15, 0.2) is 58.6 Å². The highest BCUT2D eigenvalue weighted by molar-refractivity contribution is 9.09. The van der Waals surface area contributed by atoms with E-state index in [4.69, 9.17) is 9.47 Å². The van der Waals surface area contributed by atoms with Gasteiger partial charge in [0.2, 0.25) is 0 Å². The van der Waals surface area contributed by atoms with Crippen molar-refractivity contribution in [3.8, 4) is 0 Å². The number of ether oxygens (including phenoxy) is 2. The molecule has 2 heterocycles. The lowest BCUT2D eigenvalue weighted by molar-refractivity contribution is -0.140. The van der Waals surface area contributed by atoms with E-state index in [0.717, 1.165) is 43.0 Å². The molecular weight excluding hydrogens is 452 g/mol. The van der Waals surface area contributed by atoms with Crippen LogP contribution >= 0.6 is 31.4 Å². The van der Waals surface area contributed by atoms with Gasteiger partial charge in [-0.05, 0) is 43.5 Å². The molecule has 0 saturated carbocycles. The third kappa shape index (κ3) is 4.73. The Hall–Kier alpha value is -2.49. The molecule has 4 aromatic rings. The van der Waals surface area contributed by atoms with Gasteiger partial charge in [-0.15, -0.1) is 0 Å². The summed E-state index contributed by atoms with van der Waals surface area (Å²) < 4.78 is 9.75. The summed E-state index contributed by atoms with van der Waals surface area (Å²) in [5, 5.41) is 3.85. The Morgan fingerprint density at radius 3 is 1.58 bits per heavy atom. The van der Waals surface area contributed by atoms with E-state index < -0.39 is 0 Å². The molecule has 2 aromatic heterocycles. The number of esters is 2. The summed E-state index contributed by atoms with van der Waals surface area (Å²) in [6.45, 7) is 0. The SMILES string of the molecule is COC(=O)Cc1c(SSSc2[nH]c3ccccc3c2CC(=O)OC)[nH]c2ccccc12. The number of rotatable bonds is 8. The van der Waals surface area contributed by atoms with Crippen LogP contribution in [-0.2, 0) is 31.9 Å². The van der Waals surface area contributed by atoms with E-state index in [1.54, 1.807) is 31.4 Å². The van der Waals surface area contributed by atoms with Gasteiger partial charge in [-0.2, -0.15) is 0 Å². The van der Waals surface area contributed by atoms with Crippen molar-refractivity contribution in [2.75, 3.05) is 14.2 Å². The number of aromatic amines is 2. The van der Waals surface area contributed by atoms with E-state index in [-0.39, 0.29) is 24.8 Å². The molecule has 0 amide bonds. The molecular formula is C22H20N2O4S3. The van der Waals surface area contributed by atoms with Crippen molar-refractivity contribution in [2.45, 2.75) is 22.9 Å². The number of fused-ring (bicyclic) bond motifs is 2. The monoisotopic (exact) mass is 472 g/mol. The quantitative estimate of drug-likeness (QED) is 0.258. The predicted molar refractivity (Wildman–Crippen MR) is 127 cm³/mol. The summed E-state index contributed by atoms with van der Waals surface area (Å²) >= 11 is 0. The third-order valence-electron chi connectivity index (χ3n) is 4.88. The van der Waals surface area contributed by atoms with Gasteiger partial charge in [0.05, 0.1) is 37.1 Å². The van der Waals surface area contributed by atoms with E-state index >= 15 is 0 Å². The number of para-hydroxylation sites is 2. The summed E-state index contributed by atoms with van der Waals surface area (Å²) in [5.74, 6) is -0.555. The van der Waals surface area contributed by atoms with E-state index in [2.05, 4.69) is 9.97 Å². The summed E-state index contributed by atoms with van der Waals surface area (Å²) in [6, 6.07) is 15.8. The van der Waals surface area contributed by atoms with Gasteiger partial charge in [0.15, 0.2) is 0 Å². The van der Waals surface area contributed by atoms with Crippen molar-refractivity contribution < 1.29 is 19.1 Å². The van der Waals surface area contributed by atoms with Crippen LogP contribution in [0.2, 0.25) is 0 Å². The lowest BCUT2D eigenvalue weighted by atomic mass is 10.1. The van der Waals surface area contributed by atoms with Crippen LogP contribution in [0.4, 0.5) is 0 Å². The average molecular weight is 473 g/mol. The fourth-order valence-corrected chi connectivity index (χ4v) is 7.30. The Balaban J connectivity index is 1.57. The Labute approximate surface area is 190 Å². The van der Waals surface area contributed by atoms with Crippen LogP contribution in [-0.4, -0.2) is 36.1 Å². The molecule has 0 atom stereocenters. The van der Waals surface area contributed by atoms with Crippen LogP contribution in [0, 0.1) is 0 Å². The van der Waals surface area contributed by atoms with Gasteiger partial charge in [0, 0.05) is 32.9 Å². The van der Waals surface area contributed by atoms with Crippen molar-refractivity contribution in [1.29, 1.82) is 0 Å². The predicted octanol–water partition coefficient (Wildman–Crippen LogP) is 5.53. The largest absolute Gasteiger partial charge is 0.469 e. The van der Waals surface area contributed by atoms with Crippen LogP contribution in [0.3, 0.4) is 0 Å². The maximum atomic E-state index is 11.9. The summed E-state index contributed by atoms with van der Waals surface area (Å²) in [4.78, 5) is 30.7. The minimum absolute atomic E-state index is 0.202. The lowest BCUT2D eigenvalue weighted by Gasteiger charge is -2.05. The van der Waals surface area contributed by atoms with Gasteiger partial charge in [0.1, 0.15) is 0 Å². The van der Waals surface area contributed by atoms with Gasteiger partial charge in [-0.25, -0.2) is 0 Å². The number of methoxy groups -OCH3 is 2. The molecule has 31 heavy (non-hydrogen) atoms. The Morgan fingerprint density at radius 2 is 1.16 bits per heavy atom. The van der Waals surface area contributed by atoms with Gasteiger partial charge in [-0.1, -0.05) is 36.4 Å². The van der Waals surface area contributed by atoms with Crippen LogP contribution < -0.4 is 0 Å². The Morgan fingerprint density at radius 1 is 0.742 bits per heavy atom. The van der Waals surface area contributed by atoms with E-state index in [1.165, 1.54) is 14.2 Å². The minimum Gasteiger partial charge on any atom is -0.469 e. The topological polar surface area (TPSA) is 84.2 Å². The van der Waals surface area contributed by atoms with Crippen molar-refractivity contribution >= 4 is 65.2 Å². The molecule has 2 aromatic carbocycles. The molecule has 0 aliphatic heterocycles. The van der Waals surface area contributed by atoms with Gasteiger partial charge < -0.3 is 19.4 Å². The lowest BCUT2D eigenvalue weighted by Crippen LogP contribution is -2.04. The number of hydrogen-bond donors (Lipinski definition) is 2. The number of benzene rings is 2. The molecule has 0 spiro atoms. The number of hydrogen-bond acceptors (Lipinski definition) is 7. The first kappa shape index (κ1) is 21.7. The van der Waals surface area contributed by atoms with Crippen LogP contribution in [0.1, 0.15) is 11.1 Å². The number of carbonyl (C=O) groups is 2. The molecule has 0 fully saturated rings. The second kappa shape index (κ2) is 9.76. The number of carbonyl (C=O) groups excluding carboxylic acids is 2. The first-order valence-electron chi connectivity index (χ1n) is 9.44. The van der Waals surface area contributed by atoms with Crippen molar-refractivity contribution in [1.82, 2.24) is 9.97 Å². The maximum absolute atomic E-state index is 11.9. The second-order valence-electron chi connectivity index (χ2n) is 6.70. The van der Waals surface area contributed by atoms with Gasteiger partial charge >= 0.3 is 11.9 Å². The maximum Gasteiger partial charge on any atom is 0.310 e. The number of aromatic nitrogens is 2. The minimum atomic E-state index is -0.278. The number of nitrogens with one attached hydrogen (secondary N) is 2. The molecule has 4 rings (SSSR count). The molecule has 6 nitrogen and oxygen atoms in total. The molecule has 0 unspecified atom stereocenters. The zero-order valence-electron chi connectivity index (χ0n) is 16.9. The second-order valence-corrected chi connectivity index (χ2v) is 10.6. The summed E-state index contributed by atoms with van der Waals surface area (Å²) in [6.07, 6.45) is 0.405. The van der Waals surface area contributed by atoms with E-state index in [0.29, 0.717) is 0 Å². The Bertz CT molecular complexity index is 1150. The zero-order chi connectivity index (χ0) is 21.8. The van der Waals surface area contributed by atoms with Gasteiger partial charge in [0.25, 0.3) is 0 Å². The van der Waals surface area contributed by atoms with Crippen molar-refractivity contribution in [3.63, 3.8) is 0 Å². The molecule has 0 radical (unpaired) electrons. The van der Waals surface area contributed by atoms with Crippen LogP contribution in [0.25, 0.3) is 21.8 Å². The van der Waals surface area contributed by atoms with Gasteiger partial charge in [-0.3, -0.25) is 9.59 Å². The molecule has 2 N–H and O–H groups in total. The standard InChI is InChI=1S/C22H20N2O4S3/c1-27-19(25)11-15-13-7-3-5-9-17(13)23-21(15)29-31-30-22-16(12-20(26)28-2)14-8-4-6-10-18(14)24-22/h3-10,23-24H,11-12H2,1-2H3. The normalized spacial score (nSPS) is 11.2. The average Bonchev–Trinajstić information content (AvgIpc) is 3.31. The molecule has 9 heteroatoms. The van der Waals surface area contributed by atoms with Crippen molar-refractivity contribution in [2.24, 2.45) is 0 Å². The first-order chi connectivity index (χ1) is 15.1. The van der Waals surface area contributed by atoms with Crippen LogP contribution in [0.5, 0.6) is 0 Å². The molecule has 0 aliphatic rings. The molecule has 0 saturated heterocycles. The first-order valence-corrected chi connectivity index (χ1v) is 12.9. The molecule has 0 aliphatic carbocycles. The fourth-order valence-electron chi connectivity index (χ4n) is 3.36. The number of H-pyrrole nitrogens is 2. The summed E-state index contributed by atoms with van der Waals surface area (Å²) in [5.41, 5.74) is 3.80. The van der Waals surface area contributed by atoms with Crippen molar-refractivity contribution in [3.05, 3.63) is 59.7 Å². The Kier molecular flexibility index (Phi) is 6.84. The molecule has 160 valence electrons. The highest BCUT2D eigenvalue weighted by atomic mass is 33.5. The molecule has 0 bridgehead atoms. The van der Waals surface area contributed by atoms with E-state index in [9.17, 15) is 9.59 Å². The highest BCUT2D eigenvalue weighted by Gasteiger charge is 2.19. The fraction of sp³-hybridized carbons (Fsp3) is 0.182. The van der Waals surface area contributed by atoms with E-state index in [1.807, 2.05) is 48.5 Å². The zero-order valence-corrected chi connectivity index (χ0v) is 19.3. The third-order valence-corrected chi connectivity index (χ3v) is 8.68. The highest BCUT2D eigenvalue weighted by Crippen LogP contribution is 2.48. The smallest absolute Gasteiger partial charge is 0.310 e. The summed E-state index contributed by atoms with van der Waals surface area (Å²) in [7, 11) is 7.43.